The number of methoxy groups -OCH3 is 3. The molecule has 0 saturated heterocycles. The molecule has 0 saturated carbocycles. The van der Waals surface area contributed by atoms with Gasteiger partial charge in [-0.15, -0.1) is 0 Å². The van der Waals surface area contributed by atoms with Gasteiger partial charge in [0.2, 0.25) is 11.8 Å². The van der Waals surface area contributed by atoms with E-state index < -0.39 is 0 Å². The van der Waals surface area contributed by atoms with E-state index in [2.05, 4.69) is 20.5 Å². The van der Waals surface area contributed by atoms with Crippen LogP contribution in [-0.4, -0.2) is 49.2 Å². The predicted molar refractivity (Wildman–Crippen MR) is 94.6 cm³/mol. The van der Waals surface area contributed by atoms with Gasteiger partial charge >= 0.3 is 0 Å². The maximum Gasteiger partial charge on any atom is 0.250 e. The number of carbonyl (C=O) groups excluding carboxylic acids is 1. The van der Waals surface area contributed by atoms with Gasteiger partial charge in [-0.3, -0.25) is 4.79 Å². The zero-order chi connectivity index (χ0) is 18.1. The standard InChI is InChI=1S/C16H18N4O4S/c1-22-12-6-4-11(5-7-12)9-17-20-13(21)10-25-16-18-14(23-2)8-15(19-16)24-3/h4-9H,10H2,1-3H3,(H,20,21). The third kappa shape index (κ3) is 5.96. The summed E-state index contributed by atoms with van der Waals surface area (Å²) in [4.78, 5) is 20.1. The van der Waals surface area contributed by atoms with E-state index >= 15 is 0 Å². The minimum absolute atomic E-state index is 0.107. The minimum atomic E-state index is -0.278. The first-order valence-electron chi connectivity index (χ1n) is 7.20. The number of hydrogen-bond donors (Lipinski definition) is 1. The lowest BCUT2D eigenvalue weighted by Crippen LogP contribution is -2.19. The molecule has 0 fully saturated rings. The number of carbonyl (C=O) groups is 1. The Morgan fingerprint density at radius 1 is 1.12 bits per heavy atom. The van der Waals surface area contributed by atoms with E-state index in [1.807, 2.05) is 24.3 Å². The number of amides is 1. The number of nitrogens with one attached hydrogen (secondary N) is 1. The number of thioether (sulfide) groups is 1. The number of hydrogen-bond acceptors (Lipinski definition) is 8. The molecular formula is C16H18N4O4S. The van der Waals surface area contributed by atoms with Crippen LogP contribution in [-0.2, 0) is 4.79 Å². The van der Waals surface area contributed by atoms with Crippen molar-refractivity contribution in [2.24, 2.45) is 5.10 Å². The normalized spacial score (nSPS) is 10.5. The van der Waals surface area contributed by atoms with Crippen LogP contribution in [0.25, 0.3) is 0 Å². The van der Waals surface area contributed by atoms with Crippen molar-refractivity contribution in [3.05, 3.63) is 35.9 Å². The molecule has 25 heavy (non-hydrogen) atoms. The van der Waals surface area contributed by atoms with Crippen LogP contribution in [0.1, 0.15) is 5.56 Å². The van der Waals surface area contributed by atoms with Gasteiger partial charge in [0.15, 0.2) is 5.16 Å². The van der Waals surface area contributed by atoms with Crippen LogP contribution >= 0.6 is 11.8 Å². The summed E-state index contributed by atoms with van der Waals surface area (Å²) in [6.45, 7) is 0. The molecule has 2 aromatic rings. The smallest absolute Gasteiger partial charge is 0.250 e. The van der Waals surface area contributed by atoms with E-state index in [4.69, 9.17) is 14.2 Å². The molecule has 1 aromatic heterocycles. The predicted octanol–water partition coefficient (Wildman–Crippen LogP) is 1.74. The molecule has 132 valence electrons. The first-order valence-corrected chi connectivity index (χ1v) is 8.19. The summed E-state index contributed by atoms with van der Waals surface area (Å²) in [7, 11) is 4.59. The van der Waals surface area contributed by atoms with Crippen LogP contribution in [0.15, 0.2) is 40.6 Å². The summed E-state index contributed by atoms with van der Waals surface area (Å²) in [6.07, 6.45) is 1.55. The quantitative estimate of drug-likeness (QED) is 0.331. The molecule has 8 nitrogen and oxygen atoms in total. The third-order valence-electron chi connectivity index (χ3n) is 2.93. The molecule has 1 heterocycles. The van der Waals surface area contributed by atoms with Crippen molar-refractivity contribution in [2.75, 3.05) is 27.1 Å². The van der Waals surface area contributed by atoms with Gasteiger partial charge in [-0.1, -0.05) is 11.8 Å². The Hall–Kier alpha value is -2.81. The summed E-state index contributed by atoms with van der Waals surface area (Å²) in [5.41, 5.74) is 3.29. The average molecular weight is 362 g/mol. The van der Waals surface area contributed by atoms with E-state index in [0.29, 0.717) is 16.9 Å². The first-order chi connectivity index (χ1) is 12.1. The zero-order valence-electron chi connectivity index (χ0n) is 14.1. The number of ether oxygens (including phenoxy) is 3. The number of rotatable bonds is 8. The molecule has 0 atom stereocenters. The highest BCUT2D eigenvalue weighted by Gasteiger charge is 2.08. The Labute approximate surface area is 149 Å². The topological polar surface area (TPSA) is 94.9 Å². The van der Waals surface area contributed by atoms with Gasteiger partial charge in [0, 0.05) is 0 Å². The van der Waals surface area contributed by atoms with Crippen molar-refractivity contribution in [1.82, 2.24) is 15.4 Å². The van der Waals surface area contributed by atoms with Crippen molar-refractivity contribution >= 4 is 23.9 Å². The van der Waals surface area contributed by atoms with Crippen molar-refractivity contribution in [1.29, 1.82) is 0 Å². The van der Waals surface area contributed by atoms with E-state index in [1.165, 1.54) is 14.2 Å². The van der Waals surface area contributed by atoms with Crippen molar-refractivity contribution in [3.63, 3.8) is 0 Å². The third-order valence-corrected chi connectivity index (χ3v) is 3.78. The van der Waals surface area contributed by atoms with Gasteiger partial charge in [-0.05, 0) is 29.8 Å². The number of benzene rings is 1. The summed E-state index contributed by atoms with van der Waals surface area (Å²) in [6, 6.07) is 8.85. The van der Waals surface area contributed by atoms with E-state index in [-0.39, 0.29) is 11.7 Å². The van der Waals surface area contributed by atoms with Crippen LogP contribution in [0.5, 0.6) is 17.5 Å². The van der Waals surface area contributed by atoms with Gasteiger partial charge in [0.25, 0.3) is 5.91 Å². The highest BCUT2D eigenvalue weighted by atomic mass is 32.2. The van der Waals surface area contributed by atoms with Crippen LogP contribution < -0.4 is 19.6 Å². The van der Waals surface area contributed by atoms with Gasteiger partial charge < -0.3 is 14.2 Å². The summed E-state index contributed by atoms with van der Waals surface area (Å²) < 4.78 is 15.2. The minimum Gasteiger partial charge on any atom is -0.497 e. The molecule has 0 unspecified atom stereocenters. The van der Waals surface area contributed by atoms with Crippen molar-refractivity contribution < 1.29 is 19.0 Å². The Morgan fingerprint density at radius 3 is 2.32 bits per heavy atom. The fourth-order valence-electron chi connectivity index (χ4n) is 1.69. The molecule has 9 heteroatoms. The first kappa shape index (κ1) is 18.5. The lowest BCUT2D eigenvalue weighted by atomic mass is 10.2. The Bertz CT molecular complexity index is 715. The maximum absolute atomic E-state index is 11.8. The van der Waals surface area contributed by atoms with Gasteiger partial charge in [-0.25, -0.2) is 5.43 Å². The number of nitrogens with zero attached hydrogens (tertiary/aromatic N) is 3. The second-order valence-electron chi connectivity index (χ2n) is 4.59. The zero-order valence-corrected chi connectivity index (χ0v) is 14.9. The molecule has 0 radical (unpaired) electrons. The summed E-state index contributed by atoms with van der Waals surface area (Å²) in [5.74, 6) is 1.32. The Morgan fingerprint density at radius 2 is 1.76 bits per heavy atom. The molecule has 0 spiro atoms. The fraction of sp³-hybridized carbons (Fsp3) is 0.250. The van der Waals surface area contributed by atoms with E-state index in [0.717, 1.165) is 23.1 Å². The van der Waals surface area contributed by atoms with Crippen LogP contribution in [0.3, 0.4) is 0 Å². The Kier molecular flexibility index (Phi) is 7.02. The second-order valence-corrected chi connectivity index (χ2v) is 5.53. The molecule has 1 amide bonds. The maximum atomic E-state index is 11.8. The molecule has 0 aliphatic rings. The van der Waals surface area contributed by atoms with Crippen LogP contribution in [0, 0.1) is 0 Å². The highest BCUT2D eigenvalue weighted by molar-refractivity contribution is 7.99. The van der Waals surface area contributed by atoms with Gasteiger partial charge in [0.1, 0.15) is 5.75 Å². The van der Waals surface area contributed by atoms with Gasteiger partial charge in [0.05, 0.1) is 39.4 Å². The Balaban J connectivity index is 1.84. The monoisotopic (exact) mass is 362 g/mol. The highest BCUT2D eigenvalue weighted by Crippen LogP contribution is 2.21. The molecule has 0 aliphatic heterocycles. The number of hydrazone groups is 1. The van der Waals surface area contributed by atoms with Gasteiger partial charge in [-0.2, -0.15) is 15.1 Å². The average Bonchev–Trinajstić information content (AvgIpc) is 2.66. The second kappa shape index (κ2) is 9.48. The largest absolute Gasteiger partial charge is 0.497 e. The van der Waals surface area contributed by atoms with E-state index in [9.17, 15) is 4.79 Å². The molecule has 0 bridgehead atoms. The summed E-state index contributed by atoms with van der Waals surface area (Å²) >= 11 is 1.15. The molecule has 1 N–H and O–H groups in total. The van der Waals surface area contributed by atoms with Crippen molar-refractivity contribution in [2.45, 2.75) is 5.16 Å². The lowest BCUT2D eigenvalue weighted by molar-refractivity contribution is -0.118. The fourth-order valence-corrected chi connectivity index (χ4v) is 2.32. The summed E-state index contributed by atoms with van der Waals surface area (Å²) in [5, 5.41) is 4.29. The molecule has 1 aromatic carbocycles. The van der Waals surface area contributed by atoms with Crippen LogP contribution in [0.4, 0.5) is 0 Å². The molecular weight excluding hydrogens is 344 g/mol. The van der Waals surface area contributed by atoms with E-state index in [1.54, 1.807) is 19.4 Å². The SMILES string of the molecule is COc1ccc(C=NNC(=O)CSc2nc(OC)cc(OC)n2)cc1. The lowest BCUT2D eigenvalue weighted by Gasteiger charge is -2.05. The number of aromatic nitrogens is 2. The molecule has 2 rings (SSSR count). The van der Waals surface area contributed by atoms with Crippen LogP contribution in [0.2, 0.25) is 0 Å². The van der Waals surface area contributed by atoms with Crippen molar-refractivity contribution in [3.8, 4) is 17.5 Å². The molecule has 0 aliphatic carbocycles.